The fourth-order valence-corrected chi connectivity index (χ4v) is 3.55. The van der Waals surface area contributed by atoms with Gasteiger partial charge in [0.15, 0.2) is 0 Å². The lowest BCUT2D eigenvalue weighted by Crippen LogP contribution is -2.25. The Morgan fingerprint density at radius 2 is 1.72 bits per heavy atom. The third-order valence-corrected chi connectivity index (χ3v) is 4.95. The van der Waals surface area contributed by atoms with Crippen LogP contribution in [0.4, 0.5) is 8.78 Å². The number of likely N-dealkylation sites (N-methyl/N-ethyl adjacent to an activating group) is 1. The van der Waals surface area contributed by atoms with Crippen LogP contribution >= 0.6 is 27.5 Å². The molecule has 25 heavy (non-hydrogen) atoms. The highest BCUT2D eigenvalue weighted by Gasteiger charge is 2.28. The van der Waals surface area contributed by atoms with Crippen molar-refractivity contribution in [2.75, 3.05) is 6.54 Å². The van der Waals surface area contributed by atoms with E-state index in [1.54, 1.807) is 4.90 Å². The molecule has 1 heterocycles. The molecule has 0 amide bonds. The molecule has 0 saturated heterocycles. The summed E-state index contributed by atoms with van der Waals surface area (Å²) >= 11 is 9.29. The van der Waals surface area contributed by atoms with E-state index in [4.69, 9.17) is 11.6 Å². The topological polar surface area (TPSA) is 3.24 Å². The van der Waals surface area contributed by atoms with Crippen LogP contribution in [-0.4, -0.2) is 11.4 Å². The van der Waals surface area contributed by atoms with E-state index in [0.29, 0.717) is 23.5 Å². The Bertz CT molecular complexity index is 880. The Morgan fingerprint density at radius 3 is 2.28 bits per heavy atom. The van der Waals surface area contributed by atoms with E-state index in [1.165, 1.54) is 0 Å². The van der Waals surface area contributed by atoms with E-state index < -0.39 is 11.6 Å². The second kappa shape index (κ2) is 7.14. The summed E-state index contributed by atoms with van der Waals surface area (Å²) in [5.41, 5.74) is 2.54. The van der Waals surface area contributed by atoms with Crippen LogP contribution in [0.2, 0.25) is 5.02 Å². The molecule has 128 valence electrons. The lowest BCUT2D eigenvalue weighted by molar-refractivity contribution is 0.509. The standard InChI is InChI=1S/C20H15BrClF2N/c1-3-25-12(2)16(21)11-15(13-7-5-4-6-8-13)20(25)19-17(23)9-14(22)10-18(19)24/h4-11H,2-3H2,1H3. The Hall–Kier alpha value is -1.91. The molecular formula is C20H15BrClF2N. The summed E-state index contributed by atoms with van der Waals surface area (Å²) in [7, 11) is 0. The Kier molecular flexibility index (Phi) is 5.11. The summed E-state index contributed by atoms with van der Waals surface area (Å²) in [5.74, 6) is -1.41. The first-order chi connectivity index (χ1) is 11.9. The van der Waals surface area contributed by atoms with Gasteiger partial charge in [-0.05, 0) is 46.6 Å². The average molecular weight is 423 g/mol. The van der Waals surface area contributed by atoms with Gasteiger partial charge in [-0.25, -0.2) is 8.78 Å². The zero-order valence-electron chi connectivity index (χ0n) is 13.5. The van der Waals surface area contributed by atoms with E-state index >= 15 is 0 Å². The second-order valence-corrected chi connectivity index (χ2v) is 6.85. The molecule has 0 bridgehead atoms. The first kappa shape index (κ1) is 17.9. The van der Waals surface area contributed by atoms with Crippen molar-refractivity contribution in [1.82, 2.24) is 4.90 Å². The first-order valence-electron chi connectivity index (χ1n) is 7.72. The summed E-state index contributed by atoms with van der Waals surface area (Å²) < 4.78 is 30.1. The van der Waals surface area contributed by atoms with Crippen molar-refractivity contribution in [3.05, 3.63) is 93.1 Å². The maximum Gasteiger partial charge on any atom is 0.136 e. The predicted octanol–water partition coefficient (Wildman–Crippen LogP) is 6.61. The molecule has 0 spiro atoms. The molecule has 1 nitrogen and oxygen atoms in total. The molecule has 0 saturated carbocycles. The number of benzene rings is 2. The number of nitrogens with zero attached hydrogens (tertiary/aromatic N) is 1. The Balaban J connectivity index is 2.38. The lowest BCUT2D eigenvalue weighted by atomic mass is 9.94. The van der Waals surface area contributed by atoms with E-state index in [1.807, 2.05) is 43.3 Å². The summed E-state index contributed by atoms with van der Waals surface area (Å²) in [6.07, 6.45) is 1.84. The highest BCUT2D eigenvalue weighted by molar-refractivity contribution is 9.12. The van der Waals surface area contributed by atoms with Crippen LogP contribution in [0.25, 0.3) is 11.3 Å². The van der Waals surface area contributed by atoms with Crippen LogP contribution in [-0.2, 0) is 0 Å². The highest BCUT2D eigenvalue weighted by atomic mass is 79.9. The zero-order valence-corrected chi connectivity index (χ0v) is 15.8. The third-order valence-electron chi connectivity index (χ3n) is 4.04. The summed E-state index contributed by atoms with van der Waals surface area (Å²) in [6.45, 7) is 6.45. The molecule has 0 aliphatic carbocycles. The number of rotatable bonds is 3. The van der Waals surface area contributed by atoms with Crippen molar-refractivity contribution < 1.29 is 8.78 Å². The molecule has 0 atom stereocenters. The van der Waals surface area contributed by atoms with Gasteiger partial charge >= 0.3 is 0 Å². The minimum atomic E-state index is -0.703. The van der Waals surface area contributed by atoms with Gasteiger partial charge < -0.3 is 4.90 Å². The molecule has 2 aromatic rings. The van der Waals surface area contributed by atoms with Gasteiger partial charge in [-0.1, -0.05) is 48.5 Å². The Morgan fingerprint density at radius 1 is 1.12 bits per heavy atom. The molecule has 1 aliphatic rings. The van der Waals surface area contributed by atoms with Gasteiger partial charge in [0.1, 0.15) is 11.6 Å². The normalized spacial score (nSPS) is 14.8. The van der Waals surface area contributed by atoms with E-state index in [-0.39, 0.29) is 10.6 Å². The Labute approximate surface area is 159 Å². The fraction of sp³-hybridized carbons (Fsp3) is 0.100. The quantitative estimate of drug-likeness (QED) is 0.537. The summed E-state index contributed by atoms with van der Waals surface area (Å²) in [5, 5.41) is 0.0232. The smallest absolute Gasteiger partial charge is 0.136 e. The van der Waals surface area contributed by atoms with Crippen molar-refractivity contribution in [2.45, 2.75) is 6.92 Å². The summed E-state index contributed by atoms with van der Waals surface area (Å²) in [4.78, 5) is 1.79. The summed E-state index contributed by atoms with van der Waals surface area (Å²) in [6, 6.07) is 11.7. The molecular weight excluding hydrogens is 408 g/mol. The predicted molar refractivity (Wildman–Crippen MR) is 103 cm³/mol. The SMILES string of the molecule is C=C1C(Br)=CC(c2ccccc2)=C(c2c(F)cc(Cl)cc2F)N1CC. The van der Waals surface area contributed by atoms with Crippen LogP contribution in [0.1, 0.15) is 18.1 Å². The second-order valence-electron chi connectivity index (χ2n) is 5.56. The van der Waals surface area contributed by atoms with E-state index in [2.05, 4.69) is 22.5 Å². The van der Waals surface area contributed by atoms with Gasteiger partial charge in [0.2, 0.25) is 0 Å². The first-order valence-corrected chi connectivity index (χ1v) is 8.89. The molecule has 0 aromatic heterocycles. The maximum absolute atomic E-state index is 14.7. The highest BCUT2D eigenvalue weighted by Crippen LogP contribution is 2.42. The van der Waals surface area contributed by atoms with Crippen LogP contribution in [0, 0.1) is 11.6 Å². The minimum Gasteiger partial charge on any atom is -0.340 e. The third kappa shape index (κ3) is 3.29. The van der Waals surface area contributed by atoms with Gasteiger partial charge in [-0.15, -0.1) is 0 Å². The molecule has 0 radical (unpaired) electrons. The van der Waals surface area contributed by atoms with E-state index in [9.17, 15) is 8.78 Å². The molecule has 0 N–H and O–H groups in total. The lowest BCUT2D eigenvalue weighted by Gasteiger charge is -2.34. The molecule has 1 aliphatic heterocycles. The van der Waals surface area contributed by atoms with Crippen molar-refractivity contribution in [2.24, 2.45) is 0 Å². The average Bonchev–Trinajstić information content (AvgIpc) is 2.58. The van der Waals surface area contributed by atoms with Crippen molar-refractivity contribution >= 4 is 38.8 Å². The largest absolute Gasteiger partial charge is 0.340 e. The number of hydrogen-bond acceptors (Lipinski definition) is 1. The van der Waals surface area contributed by atoms with Crippen LogP contribution in [0.3, 0.4) is 0 Å². The van der Waals surface area contributed by atoms with Crippen LogP contribution in [0.5, 0.6) is 0 Å². The van der Waals surface area contributed by atoms with Crippen molar-refractivity contribution in [3.8, 4) is 0 Å². The molecule has 5 heteroatoms. The van der Waals surface area contributed by atoms with Gasteiger partial charge in [0.25, 0.3) is 0 Å². The monoisotopic (exact) mass is 421 g/mol. The van der Waals surface area contributed by atoms with Crippen molar-refractivity contribution in [3.63, 3.8) is 0 Å². The zero-order chi connectivity index (χ0) is 18.1. The van der Waals surface area contributed by atoms with Crippen molar-refractivity contribution in [1.29, 1.82) is 0 Å². The van der Waals surface area contributed by atoms with Gasteiger partial charge in [0, 0.05) is 27.3 Å². The van der Waals surface area contributed by atoms with Gasteiger partial charge in [0.05, 0.1) is 11.3 Å². The number of allylic oxidation sites excluding steroid dienone is 3. The molecule has 2 aromatic carbocycles. The maximum atomic E-state index is 14.7. The van der Waals surface area contributed by atoms with Gasteiger partial charge in [-0.2, -0.15) is 0 Å². The fourth-order valence-electron chi connectivity index (χ4n) is 2.91. The van der Waals surface area contributed by atoms with Crippen LogP contribution in [0.15, 0.2) is 65.3 Å². The number of hydrogen-bond donors (Lipinski definition) is 0. The van der Waals surface area contributed by atoms with Gasteiger partial charge in [-0.3, -0.25) is 0 Å². The molecule has 3 rings (SSSR count). The minimum absolute atomic E-state index is 0.0232. The molecule has 0 unspecified atom stereocenters. The number of halogens is 4. The molecule has 0 fully saturated rings. The van der Waals surface area contributed by atoms with Crippen LogP contribution < -0.4 is 0 Å². The van der Waals surface area contributed by atoms with E-state index in [0.717, 1.165) is 22.2 Å².